The van der Waals surface area contributed by atoms with Gasteiger partial charge in [-0.2, -0.15) is 0 Å². The van der Waals surface area contributed by atoms with E-state index in [2.05, 4.69) is 10.3 Å². The maximum Gasteiger partial charge on any atom is 0.224 e. The molecule has 1 aromatic carbocycles. The highest BCUT2D eigenvalue weighted by Crippen LogP contribution is 2.22. The first-order valence-electron chi connectivity index (χ1n) is 6.27. The molecule has 0 fully saturated rings. The minimum atomic E-state index is -0.0534. The van der Waals surface area contributed by atoms with Crippen molar-refractivity contribution in [1.82, 2.24) is 10.3 Å². The number of hydrogen-bond acceptors (Lipinski definition) is 2. The van der Waals surface area contributed by atoms with Gasteiger partial charge in [0.1, 0.15) is 5.76 Å². The number of H-pyrrole nitrogens is 1. The molecule has 0 radical (unpaired) electrons. The van der Waals surface area contributed by atoms with E-state index < -0.39 is 0 Å². The Morgan fingerprint density at radius 3 is 3.05 bits per heavy atom. The van der Waals surface area contributed by atoms with Crippen LogP contribution in [0.25, 0.3) is 10.9 Å². The van der Waals surface area contributed by atoms with Crippen molar-refractivity contribution in [3.05, 3.63) is 59.1 Å². The van der Waals surface area contributed by atoms with Gasteiger partial charge in [-0.25, -0.2) is 0 Å². The second-order valence-electron chi connectivity index (χ2n) is 4.54. The van der Waals surface area contributed by atoms with Crippen molar-refractivity contribution in [2.45, 2.75) is 13.0 Å². The predicted molar refractivity (Wildman–Crippen MR) is 77.6 cm³/mol. The van der Waals surface area contributed by atoms with Gasteiger partial charge in [-0.15, -0.1) is 0 Å². The number of aromatic amines is 1. The molecule has 0 aliphatic carbocycles. The summed E-state index contributed by atoms with van der Waals surface area (Å²) in [6, 6.07) is 9.21. The van der Waals surface area contributed by atoms with Crippen molar-refractivity contribution in [2.24, 2.45) is 0 Å². The SMILES string of the molecule is O=C(Cc1c[nH]c2ccc(Cl)cc12)NCc1ccco1. The first kappa shape index (κ1) is 12.8. The second-order valence-corrected chi connectivity index (χ2v) is 4.97. The number of nitrogens with one attached hydrogen (secondary N) is 2. The molecule has 0 aliphatic heterocycles. The van der Waals surface area contributed by atoms with E-state index in [1.807, 2.05) is 30.5 Å². The lowest BCUT2D eigenvalue weighted by molar-refractivity contribution is -0.120. The van der Waals surface area contributed by atoms with E-state index in [9.17, 15) is 4.79 Å². The standard InChI is InChI=1S/C15H13ClN2O2/c16-11-3-4-14-13(7-11)10(8-17-14)6-15(19)18-9-12-2-1-5-20-12/h1-5,7-8,17H,6,9H2,(H,18,19). The maximum atomic E-state index is 11.9. The molecular formula is C15H13ClN2O2. The van der Waals surface area contributed by atoms with Gasteiger partial charge in [-0.3, -0.25) is 4.79 Å². The van der Waals surface area contributed by atoms with E-state index in [4.69, 9.17) is 16.0 Å². The summed E-state index contributed by atoms with van der Waals surface area (Å²) in [7, 11) is 0. The Balaban J connectivity index is 1.69. The van der Waals surface area contributed by atoms with Gasteiger partial charge in [-0.05, 0) is 35.9 Å². The first-order valence-corrected chi connectivity index (χ1v) is 6.65. The van der Waals surface area contributed by atoms with E-state index in [0.29, 0.717) is 18.0 Å². The molecule has 2 heterocycles. The third kappa shape index (κ3) is 2.70. The molecule has 0 spiro atoms. The Hall–Kier alpha value is -2.20. The average molecular weight is 289 g/mol. The zero-order valence-corrected chi connectivity index (χ0v) is 11.4. The van der Waals surface area contributed by atoms with Crippen molar-refractivity contribution in [2.75, 3.05) is 0 Å². The van der Waals surface area contributed by atoms with Gasteiger partial charge < -0.3 is 14.7 Å². The van der Waals surface area contributed by atoms with Gasteiger partial charge in [0.2, 0.25) is 5.91 Å². The van der Waals surface area contributed by atoms with Gasteiger partial charge in [0.25, 0.3) is 0 Å². The number of aromatic nitrogens is 1. The van der Waals surface area contributed by atoms with Crippen LogP contribution in [-0.4, -0.2) is 10.9 Å². The Kier molecular flexibility index (Phi) is 3.48. The molecule has 4 nitrogen and oxygen atoms in total. The van der Waals surface area contributed by atoms with E-state index in [1.165, 1.54) is 0 Å². The lowest BCUT2D eigenvalue weighted by Gasteiger charge is -2.03. The van der Waals surface area contributed by atoms with Crippen LogP contribution >= 0.6 is 11.6 Å². The number of carbonyl (C=O) groups is 1. The Morgan fingerprint density at radius 2 is 2.25 bits per heavy atom. The molecule has 3 rings (SSSR count). The van der Waals surface area contributed by atoms with Crippen LogP contribution in [0.1, 0.15) is 11.3 Å². The van der Waals surface area contributed by atoms with Crippen LogP contribution in [-0.2, 0) is 17.8 Å². The number of benzene rings is 1. The Bertz CT molecular complexity index is 732. The quantitative estimate of drug-likeness (QED) is 0.774. The smallest absolute Gasteiger partial charge is 0.224 e. The summed E-state index contributed by atoms with van der Waals surface area (Å²) < 4.78 is 5.17. The van der Waals surface area contributed by atoms with Gasteiger partial charge in [0, 0.05) is 22.1 Å². The van der Waals surface area contributed by atoms with E-state index >= 15 is 0 Å². The zero-order chi connectivity index (χ0) is 13.9. The molecule has 0 saturated heterocycles. The van der Waals surface area contributed by atoms with Crippen molar-refractivity contribution in [1.29, 1.82) is 0 Å². The summed E-state index contributed by atoms with van der Waals surface area (Å²) in [6.45, 7) is 0.398. The predicted octanol–water partition coefficient (Wildman–Crippen LogP) is 3.27. The molecule has 102 valence electrons. The summed E-state index contributed by atoms with van der Waals surface area (Å²) >= 11 is 5.99. The van der Waals surface area contributed by atoms with Crippen molar-refractivity contribution >= 4 is 28.4 Å². The molecule has 0 atom stereocenters. The van der Waals surface area contributed by atoms with Crippen molar-refractivity contribution in [3.63, 3.8) is 0 Å². The summed E-state index contributed by atoms with van der Waals surface area (Å²) in [4.78, 5) is 15.1. The number of halogens is 1. The monoisotopic (exact) mass is 288 g/mol. The Labute approximate surface area is 120 Å². The minimum absolute atomic E-state index is 0.0534. The highest BCUT2D eigenvalue weighted by atomic mass is 35.5. The van der Waals surface area contributed by atoms with Gasteiger partial charge >= 0.3 is 0 Å². The number of fused-ring (bicyclic) bond motifs is 1. The highest BCUT2D eigenvalue weighted by molar-refractivity contribution is 6.31. The van der Waals surface area contributed by atoms with Crippen LogP contribution in [0.5, 0.6) is 0 Å². The van der Waals surface area contributed by atoms with Gasteiger partial charge in [0.15, 0.2) is 0 Å². The molecule has 2 N–H and O–H groups in total. The zero-order valence-electron chi connectivity index (χ0n) is 10.7. The second kappa shape index (κ2) is 5.43. The molecule has 3 aromatic rings. The topological polar surface area (TPSA) is 58.0 Å². The van der Waals surface area contributed by atoms with E-state index in [-0.39, 0.29) is 5.91 Å². The molecule has 20 heavy (non-hydrogen) atoms. The molecule has 0 saturated carbocycles. The lowest BCUT2D eigenvalue weighted by Crippen LogP contribution is -2.24. The number of hydrogen-bond donors (Lipinski definition) is 2. The van der Waals surface area contributed by atoms with E-state index in [0.717, 1.165) is 22.2 Å². The van der Waals surface area contributed by atoms with Gasteiger partial charge in [0.05, 0.1) is 19.2 Å². The van der Waals surface area contributed by atoms with Crippen LogP contribution in [0.4, 0.5) is 0 Å². The van der Waals surface area contributed by atoms with Crippen LogP contribution in [0.2, 0.25) is 5.02 Å². The molecule has 0 unspecified atom stereocenters. The highest BCUT2D eigenvalue weighted by Gasteiger charge is 2.09. The summed E-state index contributed by atoms with van der Waals surface area (Å²) in [5.41, 5.74) is 1.91. The third-order valence-corrected chi connectivity index (χ3v) is 3.36. The maximum absolute atomic E-state index is 11.9. The molecule has 5 heteroatoms. The fourth-order valence-electron chi connectivity index (χ4n) is 2.13. The Morgan fingerprint density at radius 1 is 1.35 bits per heavy atom. The fourth-order valence-corrected chi connectivity index (χ4v) is 2.30. The third-order valence-electron chi connectivity index (χ3n) is 3.12. The van der Waals surface area contributed by atoms with Crippen molar-refractivity contribution in [3.8, 4) is 0 Å². The average Bonchev–Trinajstić information content (AvgIpc) is 3.07. The molecule has 1 amide bonds. The van der Waals surface area contributed by atoms with Crippen LogP contribution in [0.3, 0.4) is 0 Å². The summed E-state index contributed by atoms with van der Waals surface area (Å²) in [5.74, 6) is 0.683. The largest absolute Gasteiger partial charge is 0.467 e. The number of amides is 1. The van der Waals surface area contributed by atoms with E-state index in [1.54, 1.807) is 12.3 Å². The molecule has 0 aliphatic rings. The van der Waals surface area contributed by atoms with Gasteiger partial charge in [-0.1, -0.05) is 11.6 Å². The summed E-state index contributed by atoms with van der Waals surface area (Å²) in [5, 5.41) is 4.46. The number of carbonyl (C=O) groups excluding carboxylic acids is 1. The molecular weight excluding hydrogens is 276 g/mol. The summed E-state index contributed by atoms with van der Waals surface area (Å²) in [6.07, 6.45) is 3.73. The van der Waals surface area contributed by atoms with Crippen LogP contribution in [0.15, 0.2) is 47.2 Å². The first-order chi connectivity index (χ1) is 9.72. The molecule has 2 aromatic heterocycles. The lowest BCUT2D eigenvalue weighted by atomic mass is 10.1. The fraction of sp³-hybridized carbons (Fsp3) is 0.133. The van der Waals surface area contributed by atoms with Crippen LogP contribution < -0.4 is 5.32 Å². The number of rotatable bonds is 4. The normalized spacial score (nSPS) is 10.8. The molecule has 0 bridgehead atoms. The van der Waals surface area contributed by atoms with Crippen molar-refractivity contribution < 1.29 is 9.21 Å². The minimum Gasteiger partial charge on any atom is -0.467 e. The van der Waals surface area contributed by atoms with Crippen LogP contribution in [0, 0.1) is 0 Å². The number of furan rings is 1.